The van der Waals surface area contributed by atoms with Gasteiger partial charge in [-0.3, -0.25) is 9.88 Å². The van der Waals surface area contributed by atoms with Gasteiger partial charge in [-0.15, -0.1) is 0 Å². The van der Waals surface area contributed by atoms with E-state index in [4.69, 9.17) is 4.74 Å². The van der Waals surface area contributed by atoms with Crippen molar-refractivity contribution in [3.8, 4) is 0 Å². The summed E-state index contributed by atoms with van der Waals surface area (Å²) in [6.07, 6.45) is 2.24. The Morgan fingerprint density at radius 3 is 2.90 bits per heavy atom. The molecule has 21 heavy (non-hydrogen) atoms. The van der Waals surface area contributed by atoms with E-state index in [1.807, 2.05) is 0 Å². The summed E-state index contributed by atoms with van der Waals surface area (Å²) in [5, 5.41) is 3.44. The highest BCUT2D eigenvalue weighted by atomic mass is 19.1. The molecule has 0 amide bonds. The number of pyridine rings is 1. The number of rotatable bonds is 6. The topological polar surface area (TPSA) is 37.4 Å². The van der Waals surface area contributed by atoms with Crippen LogP contribution in [0.4, 0.5) is 4.39 Å². The molecule has 1 atom stereocenters. The molecule has 5 heteroatoms. The fourth-order valence-corrected chi connectivity index (χ4v) is 2.78. The van der Waals surface area contributed by atoms with Crippen molar-refractivity contribution in [1.29, 1.82) is 0 Å². The van der Waals surface area contributed by atoms with E-state index in [0.29, 0.717) is 0 Å². The zero-order chi connectivity index (χ0) is 15.3. The molecule has 1 aliphatic rings. The van der Waals surface area contributed by atoms with E-state index in [2.05, 4.69) is 36.0 Å². The van der Waals surface area contributed by atoms with Crippen molar-refractivity contribution in [2.75, 3.05) is 32.8 Å². The third-order valence-electron chi connectivity index (χ3n) is 4.06. The Morgan fingerprint density at radius 1 is 1.48 bits per heavy atom. The lowest BCUT2D eigenvalue weighted by Gasteiger charge is -2.42. The van der Waals surface area contributed by atoms with Gasteiger partial charge in [0.2, 0.25) is 0 Å². The molecular formula is C16H26FN3O. The molecule has 1 aromatic rings. The van der Waals surface area contributed by atoms with Crippen LogP contribution in [0.1, 0.15) is 38.9 Å². The fraction of sp³-hybridized carbons (Fsp3) is 0.688. The first-order valence-corrected chi connectivity index (χ1v) is 7.70. The quantitative estimate of drug-likeness (QED) is 0.874. The van der Waals surface area contributed by atoms with Gasteiger partial charge in [0.1, 0.15) is 5.82 Å². The van der Waals surface area contributed by atoms with Crippen LogP contribution in [0.25, 0.3) is 0 Å². The van der Waals surface area contributed by atoms with Crippen molar-refractivity contribution in [1.82, 2.24) is 15.2 Å². The van der Waals surface area contributed by atoms with Gasteiger partial charge in [0.25, 0.3) is 0 Å². The molecule has 1 aromatic heterocycles. The molecule has 1 N–H and O–H groups in total. The van der Waals surface area contributed by atoms with E-state index < -0.39 is 0 Å². The van der Waals surface area contributed by atoms with E-state index >= 15 is 0 Å². The van der Waals surface area contributed by atoms with E-state index in [1.54, 1.807) is 6.07 Å². The first kappa shape index (κ1) is 16.3. The Hall–Kier alpha value is -1.04. The molecule has 1 fully saturated rings. The predicted molar refractivity (Wildman–Crippen MR) is 81.7 cm³/mol. The molecule has 4 nitrogen and oxygen atoms in total. The average Bonchev–Trinajstić information content (AvgIpc) is 2.45. The van der Waals surface area contributed by atoms with Gasteiger partial charge in [0.05, 0.1) is 31.1 Å². The van der Waals surface area contributed by atoms with E-state index in [-0.39, 0.29) is 17.4 Å². The largest absolute Gasteiger partial charge is 0.378 e. The van der Waals surface area contributed by atoms with Crippen LogP contribution in [0.2, 0.25) is 0 Å². The van der Waals surface area contributed by atoms with Gasteiger partial charge in [0, 0.05) is 18.6 Å². The maximum Gasteiger partial charge on any atom is 0.141 e. The van der Waals surface area contributed by atoms with Crippen molar-refractivity contribution < 1.29 is 9.13 Å². The highest BCUT2D eigenvalue weighted by molar-refractivity contribution is 5.10. The van der Waals surface area contributed by atoms with Gasteiger partial charge in [-0.25, -0.2) is 4.39 Å². The average molecular weight is 295 g/mol. The summed E-state index contributed by atoms with van der Waals surface area (Å²) >= 11 is 0. The Bertz CT molecular complexity index is 436. The maximum atomic E-state index is 13.0. The monoisotopic (exact) mass is 295 g/mol. The summed E-state index contributed by atoms with van der Waals surface area (Å²) in [4.78, 5) is 6.68. The first-order chi connectivity index (χ1) is 10.0. The van der Waals surface area contributed by atoms with Crippen molar-refractivity contribution >= 4 is 0 Å². The fourth-order valence-electron chi connectivity index (χ4n) is 2.78. The molecule has 1 aliphatic heterocycles. The number of morpholine rings is 1. The predicted octanol–water partition coefficient (Wildman–Crippen LogP) is 2.37. The Balaban J connectivity index is 1.98. The molecular weight excluding hydrogens is 269 g/mol. The second-order valence-corrected chi connectivity index (χ2v) is 6.15. The minimum Gasteiger partial charge on any atom is -0.378 e. The number of hydrogen-bond acceptors (Lipinski definition) is 4. The zero-order valence-corrected chi connectivity index (χ0v) is 13.2. The van der Waals surface area contributed by atoms with Crippen molar-refractivity contribution in [2.24, 2.45) is 0 Å². The molecule has 1 unspecified atom stereocenters. The van der Waals surface area contributed by atoms with Crippen LogP contribution in [0, 0.1) is 5.82 Å². The molecule has 0 aromatic carbocycles. The summed E-state index contributed by atoms with van der Waals surface area (Å²) in [7, 11) is 0. The SMILES string of the molecule is CCNC(CCN1CCOCC1(C)C)c1ccc(F)cn1. The van der Waals surface area contributed by atoms with Gasteiger partial charge in [-0.1, -0.05) is 6.92 Å². The smallest absolute Gasteiger partial charge is 0.141 e. The van der Waals surface area contributed by atoms with Gasteiger partial charge in [-0.2, -0.15) is 0 Å². The van der Waals surface area contributed by atoms with Gasteiger partial charge in [-0.05, 0) is 38.9 Å². The molecule has 0 aliphatic carbocycles. The Labute approximate surface area is 126 Å². The van der Waals surface area contributed by atoms with E-state index in [0.717, 1.165) is 45.0 Å². The van der Waals surface area contributed by atoms with Crippen LogP contribution in [0.5, 0.6) is 0 Å². The summed E-state index contributed by atoms with van der Waals surface area (Å²) in [6, 6.07) is 3.41. The molecule has 1 saturated heterocycles. The van der Waals surface area contributed by atoms with Crippen molar-refractivity contribution in [2.45, 2.75) is 38.8 Å². The number of nitrogens with one attached hydrogen (secondary N) is 1. The minimum absolute atomic E-state index is 0.0746. The van der Waals surface area contributed by atoms with E-state index in [9.17, 15) is 4.39 Å². The standard InChI is InChI=1S/C16H26FN3O/c1-4-18-15(14-6-5-13(17)11-19-14)7-8-20-9-10-21-12-16(20,2)3/h5-6,11,15,18H,4,7-10,12H2,1-3H3. The minimum atomic E-state index is -0.289. The highest BCUT2D eigenvalue weighted by Crippen LogP contribution is 2.22. The lowest BCUT2D eigenvalue weighted by atomic mass is 10.0. The lowest BCUT2D eigenvalue weighted by molar-refractivity contribution is -0.0521. The molecule has 0 spiro atoms. The van der Waals surface area contributed by atoms with Crippen LogP contribution in [0.3, 0.4) is 0 Å². The van der Waals surface area contributed by atoms with Gasteiger partial charge < -0.3 is 10.1 Å². The van der Waals surface area contributed by atoms with Crippen LogP contribution < -0.4 is 5.32 Å². The second kappa shape index (κ2) is 7.29. The number of ether oxygens (including phenoxy) is 1. The van der Waals surface area contributed by atoms with Crippen LogP contribution in [-0.2, 0) is 4.74 Å². The molecule has 2 rings (SSSR count). The molecule has 118 valence electrons. The van der Waals surface area contributed by atoms with Gasteiger partial charge >= 0.3 is 0 Å². The maximum absolute atomic E-state index is 13.0. The van der Waals surface area contributed by atoms with Crippen molar-refractivity contribution in [3.63, 3.8) is 0 Å². The third-order valence-corrected chi connectivity index (χ3v) is 4.06. The Kier molecular flexibility index (Phi) is 5.67. The Morgan fingerprint density at radius 2 is 2.29 bits per heavy atom. The van der Waals surface area contributed by atoms with Crippen LogP contribution in [0.15, 0.2) is 18.3 Å². The van der Waals surface area contributed by atoms with Gasteiger partial charge in [0.15, 0.2) is 0 Å². The number of hydrogen-bond donors (Lipinski definition) is 1. The van der Waals surface area contributed by atoms with E-state index in [1.165, 1.54) is 12.3 Å². The molecule has 0 bridgehead atoms. The van der Waals surface area contributed by atoms with Crippen LogP contribution in [-0.4, -0.2) is 48.3 Å². The summed E-state index contributed by atoms with van der Waals surface area (Å²) in [6.45, 7) is 10.9. The number of aromatic nitrogens is 1. The second-order valence-electron chi connectivity index (χ2n) is 6.15. The van der Waals surface area contributed by atoms with Crippen LogP contribution >= 0.6 is 0 Å². The highest BCUT2D eigenvalue weighted by Gasteiger charge is 2.30. The molecule has 2 heterocycles. The summed E-state index contributed by atoms with van der Waals surface area (Å²) < 4.78 is 18.6. The number of halogens is 1. The molecule has 0 radical (unpaired) electrons. The number of nitrogens with zero attached hydrogens (tertiary/aromatic N) is 2. The lowest BCUT2D eigenvalue weighted by Crippen LogP contribution is -2.53. The molecule has 0 saturated carbocycles. The third kappa shape index (κ3) is 4.46. The first-order valence-electron chi connectivity index (χ1n) is 7.70. The summed E-state index contributed by atoms with van der Waals surface area (Å²) in [5.74, 6) is -0.289. The van der Waals surface area contributed by atoms with Crippen molar-refractivity contribution in [3.05, 3.63) is 29.8 Å². The zero-order valence-electron chi connectivity index (χ0n) is 13.2. The normalized spacial score (nSPS) is 20.4. The summed E-state index contributed by atoms with van der Waals surface area (Å²) in [5.41, 5.74) is 0.981.